The summed E-state index contributed by atoms with van der Waals surface area (Å²) in [7, 11) is -3.68. The number of hydrogen-bond acceptors (Lipinski definition) is 1. The van der Waals surface area contributed by atoms with E-state index in [2.05, 4.69) is 13.1 Å². The van der Waals surface area contributed by atoms with Crippen molar-refractivity contribution in [1.29, 1.82) is 0 Å². The van der Waals surface area contributed by atoms with Gasteiger partial charge in [0.2, 0.25) is 0 Å². The Kier molecular flexibility index (Phi) is 3.37. The van der Waals surface area contributed by atoms with Crippen LogP contribution in [0.2, 0.25) is 13.1 Å². The molecule has 0 aliphatic heterocycles. The van der Waals surface area contributed by atoms with Crippen molar-refractivity contribution >= 4 is 21.3 Å². The molecule has 1 N–H and O–H groups in total. The molecule has 0 heterocycles. The smallest absolute Gasteiger partial charge is 0.161 e. The highest BCUT2D eigenvalue weighted by atomic mass is 31.1. The van der Waals surface area contributed by atoms with Gasteiger partial charge in [0.15, 0.2) is 5.79 Å². The zero-order valence-corrected chi connectivity index (χ0v) is 9.79. The minimum Gasteiger partial charge on any atom is -0.161 e. The Morgan fingerprint density at radius 3 is 2.31 bits per heavy atom. The van der Waals surface area contributed by atoms with Gasteiger partial charge < -0.3 is 0 Å². The third kappa shape index (κ3) is 3.03. The predicted molar refractivity (Wildman–Crippen MR) is 58.3 cm³/mol. The van der Waals surface area contributed by atoms with E-state index in [9.17, 15) is 4.57 Å². The molecule has 0 aromatic heterocycles. The van der Waals surface area contributed by atoms with Gasteiger partial charge >= 0.3 is 8.03 Å². The molecular weight excluding hydrogens is 199 g/mol. The van der Waals surface area contributed by atoms with Crippen molar-refractivity contribution in [3.8, 4) is 0 Å². The summed E-state index contributed by atoms with van der Waals surface area (Å²) in [5.74, 6) is 0.451. The SMILES string of the molecule is C[Si](C)(C[P+](=O)O)c1ccccc1. The summed E-state index contributed by atoms with van der Waals surface area (Å²) in [5.41, 5.74) is 0. The molecule has 0 radical (unpaired) electrons. The summed E-state index contributed by atoms with van der Waals surface area (Å²) in [6, 6.07) is 10.0. The summed E-state index contributed by atoms with van der Waals surface area (Å²) in [5, 5.41) is 1.24. The van der Waals surface area contributed by atoms with E-state index in [1.165, 1.54) is 5.19 Å². The van der Waals surface area contributed by atoms with Gasteiger partial charge in [0.05, 0.1) is 0 Å². The Morgan fingerprint density at radius 2 is 1.85 bits per heavy atom. The first kappa shape index (κ1) is 10.6. The first-order valence-electron chi connectivity index (χ1n) is 4.21. The fourth-order valence-corrected chi connectivity index (χ4v) is 5.85. The fraction of sp³-hybridized carbons (Fsp3) is 0.333. The lowest BCUT2D eigenvalue weighted by atomic mass is 10.4. The van der Waals surface area contributed by atoms with E-state index in [-0.39, 0.29) is 0 Å². The molecule has 4 heteroatoms. The van der Waals surface area contributed by atoms with Crippen molar-refractivity contribution in [2.75, 3.05) is 5.79 Å². The maximum atomic E-state index is 10.8. The molecule has 1 rings (SSSR count). The van der Waals surface area contributed by atoms with Crippen molar-refractivity contribution in [2.45, 2.75) is 13.1 Å². The fourth-order valence-electron chi connectivity index (χ4n) is 1.32. The molecular formula is C9H14O2PSi+. The molecule has 0 aliphatic carbocycles. The third-order valence-electron chi connectivity index (χ3n) is 2.09. The minimum absolute atomic E-state index is 0.451. The Hall–Kier alpha value is -0.503. The second-order valence-electron chi connectivity index (χ2n) is 3.76. The molecule has 1 unspecified atom stereocenters. The second kappa shape index (κ2) is 4.14. The number of benzene rings is 1. The summed E-state index contributed by atoms with van der Waals surface area (Å²) < 4.78 is 10.8. The van der Waals surface area contributed by atoms with Gasteiger partial charge in [0, 0.05) is 0 Å². The maximum Gasteiger partial charge on any atom is 0.501 e. The zero-order chi connectivity index (χ0) is 9.90. The molecule has 1 aromatic rings. The van der Waals surface area contributed by atoms with Gasteiger partial charge in [-0.25, -0.2) is 0 Å². The standard InChI is InChI=1S/C9H13O2PSi/c1-13(2,8-12(10)11)9-6-4-3-5-7-9/h3-7H,8H2,1-2H3/p+1. The first-order valence-corrected chi connectivity index (χ1v) is 8.82. The number of rotatable bonds is 3. The van der Waals surface area contributed by atoms with Crippen molar-refractivity contribution < 1.29 is 9.46 Å². The highest BCUT2D eigenvalue weighted by Gasteiger charge is 2.33. The van der Waals surface area contributed by atoms with E-state index in [0.717, 1.165) is 0 Å². The summed E-state index contributed by atoms with van der Waals surface area (Å²) in [4.78, 5) is 8.89. The van der Waals surface area contributed by atoms with Crippen molar-refractivity contribution in [1.82, 2.24) is 0 Å². The zero-order valence-electron chi connectivity index (χ0n) is 7.90. The van der Waals surface area contributed by atoms with Crippen LogP contribution in [0.4, 0.5) is 0 Å². The molecule has 1 aromatic carbocycles. The Bertz CT molecular complexity index is 298. The maximum absolute atomic E-state index is 10.8. The third-order valence-corrected chi connectivity index (χ3v) is 8.23. The number of hydrogen-bond donors (Lipinski definition) is 1. The van der Waals surface area contributed by atoms with Crippen LogP contribution in [-0.2, 0) is 4.57 Å². The molecule has 13 heavy (non-hydrogen) atoms. The highest BCUT2D eigenvalue weighted by molar-refractivity contribution is 7.43. The molecule has 0 aliphatic rings. The lowest BCUT2D eigenvalue weighted by Gasteiger charge is -2.15. The van der Waals surface area contributed by atoms with Crippen LogP contribution in [0.25, 0.3) is 0 Å². The van der Waals surface area contributed by atoms with Gasteiger partial charge in [0.25, 0.3) is 0 Å². The predicted octanol–water partition coefficient (Wildman–Crippen LogP) is 1.88. The average molecular weight is 213 g/mol. The normalized spacial score (nSPS) is 12.7. The summed E-state index contributed by atoms with van der Waals surface area (Å²) in [6.45, 7) is 4.23. The minimum atomic E-state index is -2.00. The molecule has 0 saturated heterocycles. The van der Waals surface area contributed by atoms with E-state index in [0.29, 0.717) is 5.79 Å². The highest BCUT2D eigenvalue weighted by Crippen LogP contribution is 2.19. The monoisotopic (exact) mass is 213 g/mol. The molecule has 0 fully saturated rings. The van der Waals surface area contributed by atoms with E-state index >= 15 is 0 Å². The van der Waals surface area contributed by atoms with Crippen LogP contribution in [0.5, 0.6) is 0 Å². The van der Waals surface area contributed by atoms with Gasteiger partial charge in [-0.3, -0.25) is 0 Å². The van der Waals surface area contributed by atoms with Crippen LogP contribution < -0.4 is 5.19 Å². The Balaban J connectivity index is 2.87. The molecule has 0 saturated carbocycles. The van der Waals surface area contributed by atoms with Crippen molar-refractivity contribution in [3.05, 3.63) is 30.3 Å². The van der Waals surface area contributed by atoms with Crippen LogP contribution in [0.3, 0.4) is 0 Å². The van der Waals surface area contributed by atoms with Crippen molar-refractivity contribution in [2.24, 2.45) is 0 Å². The van der Waals surface area contributed by atoms with Crippen molar-refractivity contribution in [3.63, 3.8) is 0 Å². The van der Waals surface area contributed by atoms with Gasteiger partial charge in [-0.15, -0.1) is 0 Å². The lowest BCUT2D eigenvalue weighted by molar-refractivity contribution is 0.507. The molecule has 0 amide bonds. The lowest BCUT2D eigenvalue weighted by Crippen LogP contribution is -2.44. The van der Waals surface area contributed by atoms with E-state index in [4.69, 9.17) is 4.89 Å². The first-order chi connectivity index (χ1) is 6.02. The molecule has 1 atom stereocenters. The average Bonchev–Trinajstić information content (AvgIpc) is 2.04. The van der Waals surface area contributed by atoms with Gasteiger partial charge in [-0.05, 0) is 4.57 Å². The van der Waals surface area contributed by atoms with Crippen LogP contribution in [0.1, 0.15) is 0 Å². The molecule has 0 spiro atoms. The summed E-state index contributed by atoms with van der Waals surface area (Å²) >= 11 is 0. The Morgan fingerprint density at radius 1 is 1.31 bits per heavy atom. The van der Waals surface area contributed by atoms with Crippen LogP contribution in [0, 0.1) is 0 Å². The van der Waals surface area contributed by atoms with Gasteiger partial charge in [0.1, 0.15) is 8.07 Å². The van der Waals surface area contributed by atoms with E-state index < -0.39 is 16.1 Å². The molecule has 2 nitrogen and oxygen atoms in total. The van der Waals surface area contributed by atoms with E-state index in [1.54, 1.807) is 0 Å². The quantitative estimate of drug-likeness (QED) is 0.615. The molecule has 70 valence electrons. The van der Waals surface area contributed by atoms with Gasteiger partial charge in [-0.2, -0.15) is 4.89 Å². The molecule has 0 bridgehead atoms. The Labute approximate surface area is 80.5 Å². The van der Waals surface area contributed by atoms with E-state index in [1.807, 2.05) is 30.3 Å². The van der Waals surface area contributed by atoms with Crippen LogP contribution in [0.15, 0.2) is 30.3 Å². The van der Waals surface area contributed by atoms with Crippen LogP contribution >= 0.6 is 8.03 Å². The summed E-state index contributed by atoms with van der Waals surface area (Å²) in [6.07, 6.45) is 0. The largest absolute Gasteiger partial charge is 0.501 e. The topological polar surface area (TPSA) is 37.3 Å². The van der Waals surface area contributed by atoms with Crippen LogP contribution in [-0.4, -0.2) is 18.8 Å². The second-order valence-corrected chi connectivity index (χ2v) is 10.1. The van der Waals surface area contributed by atoms with Gasteiger partial charge in [-0.1, -0.05) is 48.6 Å².